The number of carbonyl (C=O) groups is 1. The molecule has 8 heteroatoms. The Hall–Kier alpha value is -3.05. The summed E-state index contributed by atoms with van der Waals surface area (Å²) in [6, 6.07) is 10.2. The topological polar surface area (TPSA) is 96.5 Å². The number of aromatic nitrogens is 4. The number of nitrogens with zero attached hydrogens (tertiary/aromatic N) is 5. The van der Waals surface area contributed by atoms with Crippen LogP contribution in [-0.4, -0.2) is 26.1 Å². The van der Waals surface area contributed by atoms with Gasteiger partial charge in [0.05, 0.1) is 12.1 Å². The number of benzene rings is 1. The van der Waals surface area contributed by atoms with E-state index in [0.29, 0.717) is 22.9 Å². The average molecular weight is 407 g/mol. The molecule has 0 bridgehead atoms. The standard InChI is InChI=1S/C21H22N6OS/c1-14-7-9-15(10-8-14)20-24-26-27(25-20)12-11-19(28)23-21-17(13-22)16-5-3-2-4-6-18(16)29-21/h7-10H,2-6,11-12H2,1H3,(H,23,28). The van der Waals surface area contributed by atoms with E-state index < -0.39 is 0 Å². The Labute approximate surface area is 173 Å². The van der Waals surface area contributed by atoms with Crippen LogP contribution in [0.3, 0.4) is 0 Å². The molecule has 0 atom stereocenters. The maximum absolute atomic E-state index is 12.4. The molecule has 4 rings (SSSR count). The highest BCUT2D eigenvalue weighted by Gasteiger charge is 2.21. The fourth-order valence-corrected chi connectivity index (χ4v) is 4.75. The van der Waals surface area contributed by atoms with Crippen LogP contribution in [0.5, 0.6) is 0 Å². The van der Waals surface area contributed by atoms with E-state index >= 15 is 0 Å². The zero-order valence-corrected chi connectivity index (χ0v) is 17.1. The third-order valence-corrected chi connectivity index (χ3v) is 6.29. The van der Waals surface area contributed by atoms with Crippen LogP contribution >= 0.6 is 11.3 Å². The van der Waals surface area contributed by atoms with Gasteiger partial charge in [-0.05, 0) is 43.4 Å². The zero-order chi connectivity index (χ0) is 20.2. The quantitative estimate of drug-likeness (QED) is 0.649. The second-order valence-corrected chi connectivity index (χ2v) is 8.36. The largest absolute Gasteiger partial charge is 0.317 e. The van der Waals surface area contributed by atoms with Crippen LogP contribution in [0.15, 0.2) is 24.3 Å². The maximum atomic E-state index is 12.4. The molecule has 0 radical (unpaired) electrons. The van der Waals surface area contributed by atoms with Crippen molar-refractivity contribution in [3.8, 4) is 17.5 Å². The predicted molar refractivity (Wildman–Crippen MR) is 112 cm³/mol. The van der Waals surface area contributed by atoms with Gasteiger partial charge in [-0.3, -0.25) is 4.79 Å². The molecule has 0 unspecified atom stereocenters. The van der Waals surface area contributed by atoms with Crippen LogP contribution < -0.4 is 5.32 Å². The molecule has 3 aromatic rings. The number of nitriles is 1. The van der Waals surface area contributed by atoms with Crippen molar-refractivity contribution in [1.82, 2.24) is 20.2 Å². The van der Waals surface area contributed by atoms with Gasteiger partial charge >= 0.3 is 0 Å². The number of tetrazole rings is 1. The molecule has 1 aromatic carbocycles. The molecule has 7 nitrogen and oxygen atoms in total. The van der Waals surface area contributed by atoms with Crippen LogP contribution in [0.4, 0.5) is 5.00 Å². The molecule has 1 amide bonds. The van der Waals surface area contributed by atoms with E-state index in [9.17, 15) is 10.1 Å². The van der Waals surface area contributed by atoms with Gasteiger partial charge in [0.2, 0.25) is 11.7 Å². The number of aryl methyl sites for hydroxylation is 3. The van der Waals surface area contributed by atoms with E-state index in [1.165, 1.54) is 21.7 Å². The van der Waals surface area contributed by atoms with Crippen molar-refractivity contribution in [2.75, 3.05) is 5.32 Å². The first kappa shape index (κ1) is 19.3. The third-order valence-electron chi connectivity index (χ3n) is 5.09. The molecule has 29 heavy (non-hydrogen) atoms. The first-order valence-corrected chi connectivity index (χ1v) is 10.6. The highest BCUT2D eigenvalue weighted by Crippen LogP contribution is 2.37. The number of anilines is 1. The second kappa shape index (κ2) is 8.53. The molecule has 148 valence electrons. The molecule has 2 aromatic heterocycles. The van der Waals surface area contributed by atoms with Gasteiger partial charge in [-0.2, -0.15) is 10.1 Å². The Morgan fingerprint density at radius 1 is 1.24 bits per heavy atom. The van der Waals surface area contributed by atoms with E-state index in [-0.39, 0.29) is 12.3 Å². The summed E-state index contributed by atoms with van der Waals surface area (Å²) in [5, 5.41) is 25.6. The second-order valence-electron chi connectivity index (χ2n) is 7.25. The Morgan fingerprint density at radius 3 is 2.83 bits per heavy atom. The summed E-state index contributed by atoms with van der Waals surface area (Å²) in [6.07, 6.45) is 5.59. The van der Waals surface area contributed by atoms with Crippen LogP contribution in [0, 0.1) is 18.3 Å². The number of hydrogen-bond donors (Lipinski definition) is 1. The zero-order valence-electron chi connectivity index (χ0n) is 16.3. The van der Waals surface area contributed by atoms with Gasteiger partial charge in [0.15, 0.2) is 0 Å². The minimum absolute atomic E-state index is 0.146. The summed E-state index contributed by atoms with van der Waals surface area (Å²) in [7, 11) is 0. The van der Waals surface area contributed by atoms with E-state index in [4.69, 9.17) is 0 Å². The van der Waals surface area contributed by atoms with Crippen molar-refractivity contribution in [3.05, 3.63) is 45.8 Å². The Morgan fingerprint density at radius 2 is 2.03 bits per heavy atom. The summed E-state index contributed by atoms with van der Waals surface area (Å²) in [6.45, 7) is 2.35. The van der Waals surface area contributed by atoms with Crippen molar-refractivity contribution in [1.29, 1.82) is 5.26 Å². The van der Waals surface area contributed by atoms with Crippen molar-refractivity contribution in [2.45, 2.75) is 52.0 Å². The van der Waals surface area contributed by atoms with Gasteiger partial charge in [-0.1, -0.05) is 36.2 Å². The number of fused-ring (bicyclic) bond motifs is 1. The van der Waals surface area contributed by atoms with Gasteiger partial charge in [0, 0.05) is 16.9 Å². The van der Waals surface area contributed by atoms with Crippen LogP contribution in [-0.2, 0) is 24.2 Å². The maximum Gasteiger partial charge on any atom is 0.226 e. The first-order chi connectivity index (χ1) is 14.1. The monoisotopic (exact) mass is 406 g/mol. The summed E-state index contributed by atoms with van der Waals surface area (Å²) in [5.74, 6) is 0.395. The van der Waals surface area contributed by atoms with Crippen LogP contribution in [0.25, 0.3) is 11.4 Å². The number of rotatable bonds is 5. The van der Waals surface area contributed by atoms with Gasteiger partial charge < -0.3 is 5.32 Å². The summed E-state index contributed by atoms with van der Waals surface area (Å²) < 4.78 is 0. The minimum Gasteiger partial charge on any atom is -0.317 e. The Kier molecular flexibility index (Phi) is 5.67. The van der Waals surface area contributed by atoms with E-state index in [2.05, 4.69) is 26.8 Å². The lowest BCUT2D eigenvalue weighted by molar-refractivity contribution is -0.116. The molecule has 0 fully saturated rings. The predicted octanol–water partition coefficient (Wildman–Crippen LogP) is 3.88. The molecular formula is C21H22N6OS. The normalized spacial score (nSPS) is 13.4. The van der Waals surface area contributed by atoms with Gasteiger partial charge in [-0.25, -0.2) is 0 Å². The van der Waals surface area contributed by atoms with Crippen molar-refractivity contribution < 1.29 is 4.79 Å². The number of hydrogen-bond acceptors (Lipinski definition) is 6. The highest BCUT2D eigenvalue weighted by atomic mass is 32.1. The van der Waals surface area contributed by atoms with E-state index in [1.54, 1.807) is 11.3 Å². The number of nitrogens with one attached hydrogen (secondary N) is 1. The molecule has 1 aliphatic rings. The fraction of sp³-hybridized carbons (Fsp3) is 0.381. The molecule has 0 saturated carbocycles. The Bertz CT molecular complexity index is 1060. The molecule has 0 spiro atoms. The summed E-state index contributed by atoms with van der Waals surface area (Å²) >= 11 is 1.55. The minimum atomic E-state index is -0.146. The van der Waals surface area contributed by atoms with Crippen molar-refractivity contribution in [2.24, 2.45) is 0 Å². The Balaban J connectivity index is 1.39. The van der Waals surface area contributed by atoms with Crippen LogP contribution in [0.1, 0.15) is 47.3 Å². The SMILES string of the molecule is Cc1ccc(-c2nnn(CCC(=O)Nc3sc4c(c3C#N)CCCCC4)n2)cc1. The summed E-state index contributed by atoms with van der Waals surface area (Å²) in [4.78, 5) is 15.1. The van der Waals surface area contributed by atoms with Crippen molar-refractivity contribution >= 4 is 22.2 Å². The van der Waals surface area contributed by atoms with Gasteiger partial charge in [0.25, 0.3) is 0 Å². The first-order valence-electron chi connectivity index (χ1n) is 9.83. The van der Waals surface area contributed by atoms with Crippen molar-refractivity contribution in [3.63, 3.8) is 0 Å². The molecule has 2 heterocycles. The van der Waals surface area contributed by atoms with Gasteiger partial charge in [-0.15, -0.1) is 21.5 Å². The van der Waals surface area contributed by atoms with Gasteiger partial charge in [0.1, 0.15) is 11.1 Å². The smallest absolute Gasteiger partial charge is 0.226 e. The number of carbonyl (C=O) groups excluding carboxylic acids is 1. The summed E-state index contributed by atoms with van der Waals surface area (Å²) in [5.41, 5.74) is 3.83. The number of amides is 1. The van der Waals surface area contributed by atoms with Crippen LogP contribution in [0.2, 0.25) is 0 Å². The number of thiophene rings is 1. The molecule has 0 saturated heterocycles. The molecular weight excluding hydrogens is 384 g/mol. The average Bonchev–Trinajstić information content (AvgIpc) is 3.24. The third kappa shape index (κ3) is 4.35. The molecule has 1 N–H and O–H groups in total. The highest BCUT2D eigenvalue weighted by molar-refractivity contribution is 7.16. The fourth-order valence-electron chi connectivity index (χ4n) is 3.50. The van der Waals surface area contributed by atoms with E-state index in [1.807, 2.05) is 31.2 Å². The van der Waals surface area contributed by atoms with E-state index in [0.717, 1.165) is 36.8 Å². The lowest BCUT2D eigenvalue weighted by atomic mass is 10.1. The lowest BCUT2D eigenvalue weighted by Gasteiger charge is -2.03. The lowest BCUT2D eigenvalue weighted by Crippen LogP contribution is -2.15. The molecule has 1 aliphatic carbocycles. The molecule has 0 aliphatic heterocycles.